The summed E-state index contributed by atoms with van der Waals surface area (Å²) in [6.07, 6.45) is -3.21. The zero-order valence-corrected chi connectivity index (χ0v) is 10.6. The molecule has 1 aliphatic heterocycles. The van der Waals surface area contributed by atoms with Crippen LogP contribution in [0.1, 0.15) is 30.5 Å². The first kappa shape index (κ1) is 14.0. The summed E-state index contributed by atoms with van der Waals surface area (Å²) in [6.45, 7) is 1.65. The van der Waals surface area contributed by atoms with Gasteiger partial charge in [0.25, 0.3) is 0 Å². The highest BCUT2D eigenvalue weighted by atomic mass is 19.4. The van der Waals surface area contributed by atoms with Gasteiger partial charge in [0, 0.05) is 13.5 Å². The molecule has 19 heavy (non-hydrogen) atoms. The van der Waals surface area contributed by atoms with E-state index in [2.05, 4.69) is 0 Å². The minimum Gasteiger partial charge on any atom is -0.300 e. The van der Waals surface area contributed by atoms with Gasteiger partial charge >= 0.3 is 6.18 Å². The maximum atomic E-state index is 12.5. The van der Waals surface area contributed by atoms with Crippen LogP contribution >= 0.6 is 0 Å². The monoisotopic (exact) mass is 273 g/mol. The summed E-state index contributed by atoms with van der Waals surface area (Å²) in [5.74, 6) is 0. The fourth-order valence-electron chi connectivity index (χ4n) is 2.23. The summed E-state index contributed by atoms with van der Waals surface area (Å²) in [7, 11) is 1.66. The van der Waals surface area contributed by atoms with Crippen LogP contribution in [0.25, 0.3) is 0 Å². The molecule has 3 nitrogen and oxygen atoms in total. The molecule has 1 saturated heterocycles. The van der Waals surface area contributed by atoms with Crippen molar-refractivity contribution in [2.75, 3.05) is 7.05 Å². The lowest BCUT2D eigenvalue weighted by Gasteiger charge is -2.18. The van der Waals surface area contributed by atoms with Gasteiger partial charge in [0.05, 0.1) is 11.6 Å². The van der Waals surface area contributed by atoms with E-state index in [1.54, 1.807) is 14.0 Å². The van der Waals surface area contributed by atoms with Crippen LogP contribution in [0.5, 0.6) is 0 Å². The molecule has 0 aromatic heterocycles. The molecule has 0 radical (unpaired) electrons. The smallest absolute Gasteiger partial charge is 0.300 e. The predicted molar refractivity (Wildman–Crippen MR) is 62.1 cm³/mol. The van der Waals surface area contributed by atoms with E-state index in [1.807, 2.05) is 0 Å². The second kappa shape index (κ2) is 4.61. The summed E-state index contributed by atoms with van der Waals surface area (Å²) < 4.78 is 37.4. The van der Waals surface area contributed by atoms with Crippen LogP contribution in [0, 0.1) is 0 Å². The molecule has 2 rings (SSSR count). The molecule has 1 aliphatic rings. The Hall–Kier alpha value is -1.40. The molecule has 0 saturated carbocycles. The zero-order valence-electron chi connectivity index (χ0n) is 10.6. The quantitative estimate of drug-likeness (QED) is 0.776. The first-order chi connectivity index (χ1) is 8.75. The molecule has 0 spiro atoms. The van der Waals surface area contributed by atoms with Crippen molar-refractivity contribution in [2.24, 2.45) is 0 Å². The molecule has 0 unspecified atom stereocenters. The van der Waals surface area contributed by atoms with E-state index in [0.29, 0.717) is 18.3 Å². The van der Waals surface area contributed by atoms with Gasteiger partial charge in [0.2, 0.25) is 0 Å². The lowest BCUT2D eigenvalue weighted by Crippen LogP contribution is -2.27. The van der Waals surface area contributed by atoms with Gasteiger partial charge in [-0.15, -0.1) is 0 Å². The highest BCUT2D eigenvalue weighted by Crippen LogP contribution is 2.39. The van der Waals surface area contributed by atoms with Crippen molar-refractivity contribution in [1.29, 1.82) is 0 Å². The van der Waals surface area contributed by atoms with Gasteiger partial charge in [-0.3, -0.25) is 4.84 Å². The number of nitrogens with zero attached hydrogens (tertiary/aromatic N) is 1. The Morgan fingerprint density at radius 2 is 1.95 bits per heavy atom. The first-order valence-corrected chi connectivity index (χ1v) is 5.81. The summed E-state index contributed by atoms with van der Waals surface area (Å²) in [5.41, 5.74) is -0.903. The Morgan fingerprint density at radius 3 is 2.37 bits per heavy atom. The second-order valence-corrected chi connectivity index (χ2v) is 4.91. The largest absolute Gasteiger partial charge is 0.416 e. The number of aldehydes is 1. The fraction of sp³-hybridized carbons (Fsp3) is 0.462. The molecule has 0 amide bonds. The normalized spacial score (nSPS) is 28.6. The number of hydrogen-bond donors (Lipinski definition) is 0. The second-order valence-electron chi connectivity index (χ2n) is 4.91. The van der Waals surface area contributed by atoms with Crippen molar-refractivity contribution in [3.63, 3.8) is 0 Å². The van der Waals surface area contributed by atoms with Gasteiger partial charge in [0.1, 0.15) is 5.60 Å². The van der Waals surface area contributed by atoms with Crippen LogP contribution in [-0.2, 0) is 15.8 Å². The number of carbonyl (C=O) groups is 1. The standard InChI is InChI=1S/C13H14F3NO2/c1-12(8-18)7-11(17(2)19-12)9-3-5-10(6-4-9)13(14,15)16/h3-6,8,11H,7H2,1-2H3/t11-,12+/m1/s1. The van der Waals surface area contributed by atoms with Crippen LogP contribution in [0.15, 0.2) is 24.3 Å². The van der Waals surface area contributed by atoms with Gasteiger partial charge in [-0.2, -0.15) is 18.2 Å². The fourth-order valence-corrected chi connectivity index (χ4v) is 2.23. The number of alkyl halides is 3. The molecular weight excluding hydrogens is 259 g/mol. The summed E-state index contributed by atoms with van der Waals surface area (Å²) >= 11 is 0. The first-order valence-electron chi connectivity index (χ1n) is 5.81. The van der Waals surface area contributed by atoms with Crippen LogP contribution in [-0.4, -0.2) is 24.0 Å². The highest BCUT2D eigenvalue weighted by Gasteiger charge is 2.41. The number of hydrogen-bond acceptors (Lipinski definition) is 3. The van der Waals surface area contributed by atoms with Crippen LogP contribution in [0.2, 0.25) is 0 Å². The topological polar surface area (TPSA) is 29.5 Å². The minimum absolute atomic E-state index is 0.225. The number of carbonyl (C=O) groups excluding carboxylic acids is 1. The van der Waals surface area contributed by atoms with Gasteiger partial charge < -0.3 is 4.79 Å². The highest BCUT2D eigenvalue weighted by molar-refractivity contribution is 5.62. The molecule has 1 aromatic rings. The third kappa shape index (κ3) is 2.79. The summed E-state index contributed by atoms with van der Waals surface area (Å²) in [5, 5.41) is 1.51. The third-order valence-electron chi connectivity index (χ3n) is 3.26. The lowest BCUT2D eigenvalue weighted by molar-refractivity contribution is -0.182. The molecule has 104 valence electrons. The van der Waals surface area contributed by atoms with E-state index in [0.717, 1.165) is 12.1 Å². The van der Waals surface area contributed by atoms with E-state index >= 15 is 0 Å². The Morgan fingerprint density at radius 1 is 1.37 bits per heavy atom. The van der Waals surface area contributed by atoms with Crippen LogP contribution < -0.4 is 0 Å². The van der Waals surface area contributed by atoms with Crippen molar-refractivity contribution in [3.05, 3.63) is 35.4 Å². The molecule has 6 heteroatoms. The molecule has 1 heterocycles. The Bertz CT molecular complexity index is 472. The number of benzene rings is 1. The van der Waals surface area contributed by atoms with E-state index in [-0.39, 0.29) is 6.04 Å². The average molecular weight is 273 g/mol. The van der Waals surface area contributed by atoms with Gasteiger partial charge in [0.15, 0.2) is 6.29 Å². The van der Waals surface area contributed by atoms with E-state index < -0.39 is 17.3 Å². The van der Waals surface area contributed by atoms with Crippen LogP contribution in [0.4, 0.5) is 13.2 Å². The van der Waals surface area contributed by atoms with Crippen molar-refractivity contribution >= 4 is 6.29 Å². The zero-order chi connectivity index (χ0) is 14.3. The van der Waals surface area contributed by atoms with Crippen molar-refractivity contribution in [2.45, 2.75) is 31.2 Å². The van der Waals surface area contributed by atoms with Crippen molar-refractivity contribution < 1.29 is 22.8 Å². The summed E-state index contributed by atoms with van der Waals surface area (Å²) in [6, 6.07) is 4.70. The Balaban J connectivity index is 2.22. The molecule has 0 bridgehead atoms. The Labute approximate surface area is 108 Å². The lowest BCUT2D eigenvalue weighted by atomic mass is 9.94. The molecule has 0 aliphatic carbocycles. The van der Waals surface area contributed by atoms with Crippen molar-refractivity contribution in [3.8, 4) is 0 Å². The van der Waals surface area contributed by atoms with E-state index in [4.69, 9.17) is 4.84 Å². The molecule has 2 atom stereocenters. The van der Waals surface area contributed by atoms with Crippen molar-refractivity contribution in [1.82, 2.24) is 5.06 Å². The average Bonchev–Trinajstić information content (AvgIpc) is 2.65. The van der Waals surface area contributed by atoms with E-state index in [1.165, 1.54) is 17.2 Å². The number of hydroxylamine groups is 2. The molecule has 1 fully saturated rings. The molecule has 0 N–H and O–H groups in total. The summed E-state index contributed by atoms with van der Waals surface area (Å²) in [4.78, 5) is 16.3. The van der Waals surface area contributed by atoms with Gasteiger partial charge in [-0.05, 0) is 24.6 Å². The van der Waals surface area contributed by atoms with E-state index in [9.17, 15) is 18.0 Å². The molecular formula is C13H14F3NO2. The molecule has 1 aromatic carbocycles. The van der Waals surface area contributed by atoms with Gasteiger partial charge in [-0.25, -0.2) is 0 Å². The maximum Gasteiger partial charge on any atom is 0.416 e. The SMILES string of the molecule is CN1O[C@](C)(C=O)C[C@@H]1c1ccc(C(F)(F)F)cc1. The number of rotatable bonds is 2. The maximum absolute atomic E-state index is 12.5. The minimum atomic E-state index is -4.34. The predicted octanol–water partition coefficient (Wildman–Crippen LogP) is 2.97. The van der Waals surface area contributed by atoms with Gasteiger partial charge in [-0.1, -0.05) is 12.1 Å². The third-order valence-corrected chi connectivity index (χ3v) is 3.26. The number of halogens is 3. The Kier molecular flexibility index (Phi) is 3.40. The van der Waals surface area contributed by atoms with Crippen LogP contribution in [0.3, 0.4) is 0 Å².